The zero-order valence-electron chi connectivity index (χ0n) is 13.4. The Kier molecular flexibility index (Phi) is 4.39. The normalized spacial score (nSPS) is 11.1. The summed E-state index contributed by atoms with van der Waals surface area (Å²) in [6.45, 7) is 6.29. The summed E-state index contributed by atoms with van der Waals surface area (Å²) in [5.41, 5.74) is 1.40. The van der Waals surface area contributed by atoms with Crippen LogP contribution in [0.15, 0.2) is 36.7 Å². The van der Waals surface area contributed by atoms with Crippen LogP contribution in [0.25, 0.3) is 21.2 Å². The molecule has 0 aliphatic heterocycles. The maximum atomic E-state index is 12.3. The van der Waals surface area contributed by atoms with Crippen molar-refractivity contribution in [2.75, 3.05) is 6.61 Å². The van der Waals surface area contributed by atoms with Crippen LogP contribution in [0.3, 0.4) is 0 Å². The van der Waals surface area contributed by atoms with Gasteiger partial charge in [0.05, 0.1) is 16.5 Å². The highest BCUT2D eigenvalue weighted by molar-refractivity contribution is 7.15. The molecule has 0 saturated carbocycles. The first-order valence-electron chi connectivity index (χ1n) is 7.62. The summed E-state index contributed by atoms with van der Waals surface area (Å²) in [7, 11) is 0. The number of nitrogens with zero attached hydrogens (tertiary/aromatic N) is 2. The standard InChI is InChI=1S/C18H18N2O2S/c1-4-22-18(21)15-16(23-17(20-15)11(2)3)14-7-5-6-12-10-19-9-8-13(12)14/h5-11H,4H2,1-3H3. The molecule has 0 radical (unpaired) electrons. The fraction of sp³-hybridized carbons (Fsp3) is 0.278. The van der Waals surface area contributed by atoms with Crippen LogP contribution in [-0.4, -0.2) is 22.5 Å². The molecular formula is C18H18N2O2S. The van der Waals surface area contributed by atoms with Gasteiger partial charge in [-0.15, -0.1) is 11.3 Å². The van der Waals surface area contributed by atoms with Crippen LogP contribution >= 0.6 is 11.3 Å². The lowest BCUT2D eigenvalue weighted by Crippen LogP contribution is -2.07. The van der Waals surface area contributed by atoms with Crippen molar-refractivity contribution < 1.29 is 9.53 Å². The Morgan fingerprint density at radius 1 is 1.30 bits per heavy atom. The molecule has 5 heteroatoms. The second-order valence-corrected chi connectivity index (χ2v) is 6.54. The topological polar surface area (TPSA) is 52.1 Å². The van der Waals surface area contributed by atoms with E-state index in [1.54, 1.807) is 24.5 Å². The molecule has 0 unspecified atom stereocenters. The van der Waals surface area contributed by atoms with Crippen LogP contribution in [0.2, 0.25) is 0 Å². The van der Waals surface area contributed by atoms with E-state index in [9.17, 15) is 4.79 Å². The van der Waals surface area contributed by atoms with Gasteiger partial charge in [0.15, 0.2) is 5.69 Å². The third-order valence-electron chi connectivity index (χ3n) is 3.53. The number of fused-ring (bicyclic) bond motifs is 1. The third kappa shape index (κ3) is 2.97. The summed E-state index contributed by atoms with van der Waals surface area (Å²) in [6, 6.07) is 7.97. The summed E-state index contributed by atoms with van der Waals surface area (Å²) in [5.74, 6) is -0.102. The molecule has 3 rings (SSSR count). The number of rotatable bonds is 4. The van der Waals surface area contributed by atoms with Crippen LogP contribution < -0.4 is 0 Å². The highest BCUT2D eigenvalue weighted by Gasteiger charge is 2.22. The number of aromatic nitrogens is 2. The van der Waals surface area contributed by atoms with Crippen LogP contribution in [0, 0.1) is 0 Å². The molecule has 1 aromatic carbocycles. The Bertz CT molecular complexity index is 850. The molecule has 0 aliphatic carbocycles. The van der Waals surface area contributed by atoms with Crippen LogP contribution in [-0.2, 0) is 4.74 Å². The number of thiazole rings is 1. The third-order valence-corrected chi connectivity index (χ3v) is 4.92. The fourth-order valence-electron chi connectivity index (χ4n) is 2.42. The average molecular weight is 326 g/mol. The minimum absolute atomic E-state index is 0.263. The van der Waals surface area contributed by atoms with Gasteiger partial charge in [-0.2, -0.15) is 0 Å². The molecule has 118 valence electrons. The van der Waals surface area contributed by atoms with E-state index in [1.807, 2.05) is 30.5 Å². The Hall–Kier alpha value is -2.27. The number of pyridine rings is 1. The largest absolute Gasteiger partial charge is 0.461 e. The molecule has 2 heterocycles. The zero-order valence-corrected chi connectivity index (χ0v) is 14.2. The Labute approximate surface area is 139 Å². The predicted octanol–water partition coefficient (Wildman–Crippen LogP) is 4.66. The fourth-order valence-corrected chi connectivity index (χ4v) is 3.52. The van der Waals surface area contributed by atoms with Gasteiger partial charge in [-0.05, 0) is 18.4 Å². The second-order valence-electron chi connectivity index (χ2n) is 5.51. The number of hydrogen-bond acceptors (Lipinski definition) is 5. The monoisotopic (exact) mass is 326 g/mol. The molecule has 0 fully saturated rings. The van der Waals surface area contributed by atoms with Gasteiger partial charge in [-0.3, -0.25) is 4.98 Å². The highest BCUT2D eigenvalue weighted by atomic mass is 32.1. The van der Waals surface area contributed by atoms with E-state index in [4.69, 9.17) is 4.74 Å². The Balaban J connectivity index is 2.23. The van der Waals surface area contributed by atoms with Crippen molar-refractivity contribution in [2.24, 2.45) is 0 Å². The molecule has 0 atom stereocenters. The van der Waals surface area contributed by atoms with Gasteiger partial charge in [0.2, 0.25) is 0 Å². The van der Waals surface area contributed by atoms with Gasteiger partial charge in [-0.25, -0.2) is 9.78 Å². The maximum absolute atomic E-state index is 12.3. The lowest BCUT2D eigenvalue weighted by atomic mass is 10.0. The first kappa shape index (κ1) is 15.6. The van der Waals surface area contributed by atoms with Gasteiger partial charge in [0.25, 0.3) is 0 Å². The molecule has 0 bridgehead atoms. The molecule has 2 aromatic heterocycles. The van der Waals surface area contributed by atoms with E-state index in [0.29, 0.717) is 12.3 Å². The van der Waals surface area contributed by atoms with Crippen LogP contribution in [0.5, 0.6) is 0 Å². The van der Waals surface area contributed by atoms with E-state index in [1.165, 1.54) is 0 Å². The molecule has 0 aliphatic rings. The van der Waals surface area contributed by atoms with E-state index in [-0.39, 0.29) is 11.9 Å². The lowest BCUT2D eigenvalue weighted by Gasteiger charge is -2.06. The zero-order chi connectivity index (χ0) is 16.4. The van der Waals surface area contributed by atoms with E-state index in [0.717, 1.165) is 26.2 Å². The van der Waals surface area contributed by atoms with Gasteiger partial charge in [0, 0.05) is 29.3 Å². The lowest BCUT2D eigenvalue weighted by molar-refractivity contribution is 0.0521. The second kappa shape index (κ2) is 6.46. The number of carbonyl (C=O) groups is 1. The molecule has 0 saturated heterocycles. The molecule has 4 nitrogen and oxygen atoms in total. The van der Waals surface area contributed by atoms with Gasteiger partial charge in [-0.1, -0.05) is 32.0 Å². The first-order valence-corrected chi connectivity index (χ1v) is 8.44. The minimum atomic E-state index is -0.364. The van der Waals surface area contributed by atoms with Crippen molar-refractivity contribution >= 4 is 28.1 Å². The number of esters is 1. The molecule has 0 spiro atoms. The molecule has 0 N–H and O–H groups in total. The van der Waals surface area contributed by atoms with Crippen molar-refractivity contribution in [1.29, 1.82) is 0 Å². The molecule has 23 heavy (non-hydrogen) atoms. The number of ether oxygens (including phenoxy) is 1. The predicted molar refractivity (Wildman–Crippen MR) is 92.9 cm³/mol. The smallest absolute Gasteiger partial charge is 0.358 e. The summed E-state index contributed by atoms with van der Waals surface area (Å²) in [5, 5.41) is 3.04. The maximum Gasteiger partial charge on any atom is 0.358 e. The van der Waals surface area contributed by atoms with Crippen molar-refractivity contribution in [3.8, 4) is 10.4 Å². The molecular weight excluding hydrogens is 308 g/mol. The van der Waals surface area contributed by atoms with Gasteiger partial charge in [0.1, 0.15) is 0 Å². The van der Waals surface area contributed by atoms with E-state index < -0.39 is 0 Å². The first-order chi connectivity index (χ1) is 11.1. The van der Waals surface area contributed by atoms with Crippen LogP contribution in [0.4, 0.5) is 0 Å². The Morgan fingerprint density at radius 3 is 2.87 bits per heavy atom. The average Bonchev–Trinajstić information content (AvgIpc) is 3.00. The van der Waals surface area contributed by atoms with E-state index in [2.05, 4.69) is 23.8 Å². The SMILES string of the molecule is CCOC(=O)c1nc(C(C)C)sc1-c1cccc2cnccc12. The summed E-state index contributed by atoms with van der Waals surface area (Å²) < 4.78 is 5.19. The minimum Gasteiger partial charge on any atom is -0.461 e. The number of benzene rings is 1. The summed E-state index contributed by atoms with van der Waals surface area (Å²) >= 11 is 1.56. The van der Waals surface area contributed by atoms with Crippen molar-refractivity contribution in [2.45, 2.75) is 26.7 Å². The molecule has 3 aromatic rings. The molecule has 0 amide bonds. The van der Waals surface area contributed by atoms with Crippen molar-refractivity contribution in [3.63, 3.8) is 0 Å². The van der Waals surface area contributed by atoms with Crippen LogP contribution in [0.1, 0.15) is 42.2 Å². The highest BCUT2D eigenvalue weighted by Crippen LogP contribution is 2.37. The Morgan fingerprint density at radius 2 is 2.13 bits per heavy atom. The number of carbonyl (C=O) groups excluding carboxylic acids is 1. The van der Waals surface area contributed by atoms with Crippen molar-refractivity contribution in [3.05, 3.63) is 47.4 Å². The summed E-state index contributed by atoms with van der Waals surface area (Å²) in [4.78, 5) is 21.9. The van der Waals surface area contributed by atoms with Crippen molar-refractivity contribution in [1.82, 2.24) is 9.97 Å². The summed E-state index contributed by atoms with van der Waals surface area (Å²) in [6.07, 6.45) is 3.59. The quantitative estimate of drug-likeness (QED) is 0.654. The van der Waals surface area contributed by atoms with Gasteiger partial charge >= 0.3 is 5.97 Å². The number of hydrogen-bond donors (Lipinski definition) is 0. The van der Waals surface area contributed by atoms with Gasteiger partial charge < -0.3 is 4.74 Å². The van der Waals surface area contributed by atoms with E-state index >= 15 is 0 Å².